The van der Waals surface area contributed by atoms with Crippen LogP contribution in [-0.4, -0.2) is 9.55 Å². The number of halogens is 2. The summed E-state index contributed by atoms with van der Waals surface area (Å²) in [6.07, 6.45) is 0. The van der Waals surface area contributed by atoms with Gasteiger partial charge in [-0.2, -0.15) is 0 Å². The lowest BCUT2D eigenvalue weighted by Gasteiger charge is -2.07. The molecule has 0 aliphatic rings. The van der Waals surface area contributed by atoms with E-state index in [0.717, 1.165) is 27.9 Å². The zero-order valence-corrected chi connectivity index (χ0v) is 12.5. The molecule has 0 aliphatic heterocycles. The third-order valence-electron chi connectivity index (χ3n) is 3.29. The van der Waals surface area contributed by atoms with Crippen LogP contribution < -0.4 is 5.73 Å². The Hall–Kier alpha value is -1.88. The monoisotopic (exact) mass is 333 g/mol. The second-order valence-corrected chi connectivity index (χ2v) is 5.40. The summed E-state index contributed by atoms with van der Waals surface area (Å²) < 4.78 is 16.2. The number of hydrogen-bond acceptors (Lipinski definition) is 2. The van der Waals surface area contributed by atoms with E-state index in [1.54, 1.807) is 6.07 Å². The van der Waals surface area contributed by atoms with Gasteiger partial charge in [-0.3, -0.25) is 0 Å². The second kappa shape index (κ2) is 4.90. The molecule has 0 fully saturated rings. The van der Waals surface area contributed by atoms with Crippen molar-refractivity contribution < 1.29 is 4.39 Å². The maximum atomic E-state index is 13.3. The van der Waals surface area contributed by atoms with E-state index in [0.29, 0.717) is 11.2 Å². The fraction of sp³-hybridized carbons (Fsp3) is 0.133. The van der Waals surface area contributed by atoms with Crippen molar-refractivity contribution in [2.45, 2.75) is 13.5 Å². The molecule has 1 aromatic heterocycles. The van der Waals surface area contributed by atoms with Gasteiger partial charge in [0.15, 0.2) is 0 Å². The molecule has 3 rings (SSSR count). The van der Waals surface area contributed by atoms with Crippen LogP contribution in [0.4, 0.5) is 10.1 Å². The molecule has 0 aliphatic carbocycles. The van der Waals surface area contributed by atoms with Gasteiger partial charge in [-0.05, 0) is 53.2 Å². The maximum absolute atomic E-state index is 13.3. The lowest BCUT2D eigenvalue weighted by molar-refractivity contribution is 0.629. The predicted octanol–water partition coefficient (Wildman–Crippen LogP) is 4.21. The minimum atomic E-state index is -0.275. The van der Waals surface area contributed by atoms with Gasteiger partial charge in [0.25, 0.3) is 0 Å². The number of nitrogens with zero attached hydrogens (tertiary/aromatic N) is 2. The van der Waals surface area contributed by atoms with E-state index in [4.69, 9.17) is 5.73 Å². The Balaban J connectivity index is 2.26. The normalized spacial score (nSPS) is 11.2. The van der Waals surface area contributed by atoms with Crippen LogP contribution in [0.15, 0.2) is 40.9 Å². The Labute approximate surface area is 124 Å². The topological polar surface area (TPSA) is 43.8 Å². The average Bonchev–Trinajstić information content (AvgIpc) is 2.79. The quantitative estimate of drug-likeness (QED) is 0.714. The SMILES string of the molecule is CCn1c(-c2ccc(N)c(Br)c2)nc2cc(F)ccc21. The molecule has 0 radical (unpaired) electrons. The van der Waals surface area contributed by atoms with E-state index < -0.39 is 0 Å². The number of imidazole rings is 1. The molecule has 5 heteroatoms. The molecule has 0 spiro atoms. The van der Waals surface area contributed by atoms with Gasteiger partial charge in [-0.1, -0.05) is 0 Å². The summed E-state index contributed by atoms with van der Waals surface area (Å²) in [6.45, 7) is 2.81. The predicted molar refractivity (Wildman–Crippen MR) is 82.9 cm³/mol. The average molecular weight is 334 g/mol. The smallest absolute Gasteiger partial charge is 0.141 e. The fourth-order valence-corrected chi connectivity index (χ4v) is 2.69. The minimum Gasteiger partial charge on any atom is -0.398 e. The van der Waals surface area contributed by atoms with Crippen LogP contribution in [0.1, 0.15) is 6.92 Å². The molecule has 2 N–H and O–H groups in total. The number of rotatable bonds is 2. The van der Waals surface area contributed by atoms with Crippen LogP contribution in [0.2, 0.25) is 0 Å². The van der Waals surface area contributed by atoms with Crippen LogP contribution in [0.5, 0.6) is 0 Å². The van der Waals surface area contributed by atoms with Crippen molar-refractivity contribution in [3.8, 4) is 11.4 Å². The molecule has 102 valence electrons. The molecule has 3 nitrogen and oxygen atoms in total. The lowest BCUT2D eigenvalue weighted by atomic mass is 10.2. The zero-order chi connectivity index (χ0) is 14.3. The highest BCUT2D eigenvalue weighted by Gasteiger charge is 2.12. The summed E-state index contributed by atoms with van der Waals surface area (Å²) in [5.41, 5.74) is 9.03. The van der Waals surface area contributed by atoms with Gasteiger partial charge in [0.05, 0.1) is 11.0 Å². The summed E-state index contributed by atoms with van der Waals surface area (Å²) in [7, 11) is 0. The minimum absolute atomic E-state index is 0.275. The van der Waals surface area contributed by atoms with E-state index in [2.05, 4.69) is 25.5 Å². The molecule has 0 saturated carbocycles. The molecule has 3 aromatic rings. The Bertz CT molecular complexity index is 795. The zero-order valence-electron chi connectivity index (χ0n) is 10.9. The van der Waals surface area contributed by atoms with Crippen LogP contribution in [0.25, 0.3) is 22.4 Å². The van der Waals surface area contributed by atoms with Crippen LogP contribution in [0.3, 0.4) is 0 Å². The summed E-state index contributed by atoms with van der Waals surface area (Å²) in [6, 6.07) is 10.4. The lowest BCUT2D eigenvalue weighted by Crippen LogP contribution is -1.98. The first-order chi connectivity index (χ1) is 9.60. The summed E-state index contributed by atoms with van der Waals surface area (Å²) >= 11 is 3.42. The molecule has 0 bridgehead atoms. The third-order valence-corrected chi connectivity index (χ3v) is 3.97. The molecule has 0 atom stereocenters. The number of fused-ring (bicyclic) bond motifs is 1. The van der Waals surface area contributed by atoms with Gasteiger partial charge in [0.2, 0.25) is 0 Å². The van der Waals surface area contributed by atoms with Crippen LogP contribution >= 0.6 is 15.9 Å². The molecule has 2 aromatic carbocycles. The van der Waals surface area contributed by atoms with Crippen molar-refractivity contribution in [3.05, 3.63) is 46.7 Å². The maximum Gasteiger partial charge on any atom is 0.141 e. The van der Waals surface area contributed by atoms with E-state index in [1.807, 2.05) is 25.1 Å². The Morgan fingerprint density at radius 2 is 2.05 bits per heavy atom. The van der Waals surface area contributed by atoms with Crippen molar-refractivity contribution in [1.29, 1.82) is 0 Å². The van der Waals surface area contributed by atoms with E-state index in [-0.39, 0.29) is 5.82 Å². The Morgan fingerprint density at radius 3 is 2.75 bits per heavy atom. The number of anilines is 1. The number of aryl methyl sites for hydroxylation is 1. The van der Waals surface area contributed by atoms with Gasteiger partial charge in [0, 0.05) is 28.3 Å². The Morgan fingerprint density at radius 1 is 1.25 bits per heavy atom. The molecule has 1 heterocycles. The van der Waals surface area contributed by atoms with Gasteiger partial charge in [0.1, 0.15) is 11.6 Å². The number of benzene rings is 2. The van der Waals surface area contributed by atoms with Crippen molar-refractivity contribution in [2.75, 3.05) is 5.73 Å². The van der Waals surface area contributed by atoms with Crippen LogP contribution in [-0.2, 0) is 6.54 Å². The van der Waals surface area contributed by atoms with Crippen LogP contribution in [0, 0.1) is 5.82 Å². The highest BCUT2D eigenvalue weighted by Crippen LogP contribution is 2.29. The summed E-state index contributed by atoms with van der Waals surface area (Å²) in [5, 5.41) is 0. The fourth-order valence-electron chi connectivity index (χ4n) is 2.31. The van der Waals surface area contributed by atoms with Gasteiger partial charge in [-0.25, -0.2) is 9.37 Å². The molecule has 0 amide bonds. The van der Waals surface area contributed by atoms with Gasteiger partial charge < -0.3 is 10.3 Å². The second-order valence-electron chi connectivity index (χ2n) is 4.55. The highest BCUT2D eigenvalue weighted by atomic mass is 79.9. The van der Waals surface area contributed by atoms with Crippen molar-refractivity contribution in [2.24, 2.45) is 0 Å². The van der Waals surface area contributed by atoms with Crippen molar-refractivity contribution in [3.63, 3.8) is 0 Å². The van der Waals surface area contributed by atoms with Gasteiger partial charge in [-0.15, -0.1) is 0 Å². The third kappa shape index (κ3) is 2.08. The first-order valence-electron chi connectivity index (χ1n) is 6.31. The first kappa shape index (κ1) is 13.1. The summed E-state index contributed by atoms with van der Waals surface area (Å²) in [5.74, 6) is 0.539. The number of nitrogen functional groups attached to an aromatic ring is 1. The van der Waals surface area contributed by atoms with E-state index in [1.165, 1.54) is 12.1 Å². The standard InChI is InChI=1S/C15H13BrFN3/c1-2-20-14-6-4-10(17)8-13(14)19-15(20)9-3-5-12(18)11(16)7-9/h3-8H,2,18H2,1H3. The Kier molecular flexibility index (Phi) is 3.22. The van der Waals surface area contributed by atoms with E-state index in [9.17, 15) is 4.39 Å². The molecular weight excluding hydrogens is 321 g/mol. The number of hydrogen-bond donors (Lipinski definition) is 1. The molecule has 0 unspecified atom stereocenters. The molecule has 0 saturated heterocycles. The number of aromatic nitrogens is 2. The molecule has 20 heavy (non-hydrogen) atoms. The number of nitrogens with two attached hydrogens (primary N) is 1. The summed E-state index contributed by atoms with van der Waals surface area (Å²) in [4.78, 5) is 4.55. The first-order valence-corrected chi connectivity index (χ1v) is 7.10. The van der Waals surface area contributed by atoms with E-state index >= 15 is 0 Å². The largest absolute Gasteiger partial charge is 0.398 e. The van der Waals surface area contributed by atoms with Crippen molar-refractivity contribution >= 4 is 32.7 Å². The highest BCUT2D eigenvalue weighted by molar-refractivity contribution is 9.10. The van der Waals surface area contributed by atoms with Crippen molar-refractivity contribution in [1.82, 2.24) is 9.55 Å². The van der Waals surface area contributed by atoms with Gasteiger partial charge >= 0.3 is 0 Å². The molecular formula is C15H13BrFN3.